The lowest BCUT2D eigenvalue weighted by Crippen LogP contribution is -2.38. The zero-order valence-corrected chi connectivity index (χ0v) is 15.6. The molecule has 0 aliphatic carbocycles. The molecule has 1 aromatic heterocycles. The van der Waals surface area contributed by atoms with E-state index in [1.165, 1.54) is 61.3 Å². The fourth-order valence-corrected chi connectivity index (χ4v) is 4.43. The van der Waals surface area contributed by atoms with E-state index in [0.717, 1.165) is 21.6 Å². The van der Waals surface area contributed by atoms with Gasteiger partial charge in [-0.2, -0.15) is 4.37 Å². The molecule has 1 fully saturated rings. The van der Waals surface area contributed by atoms with Crippen LogP contribution in [0.5, 0.6) is 0 Å². The molecule has 1 unspecified atom stereocenters. The molecule has 7 heteroatoms. The second-order valence-electron chi connectivity index (χ2n) is 5.73. The summed E-state index contributed by atoms with van der Waals surface area (Å²) in [6, 6.07) is 6.99. The van der Waals surface area contributed by atoms with Gasteiger partial charge in [0.2, 0.25) is 5.13 Å². The summed E-state index contributed by atoms with van der Waals surface area (Å²) in [5.74, 6) is 0. The van der Waals surface area contributed by atoms with E-state index in [9.17, 15) is 0 Å². The molecule has 0 amide bonds. The summed E-state index contributed by atoms with van der Waals surface area (Å²) in [6.45, 7) is 4.42. The molecule has 23 heavy (non-hydrogen) atoms. The molecule has 2 heterocycles. The van der Waals surface area contributed by atoms with Crippen LogP contribution in [-0.2, 0) is 6.54 Å². The molecule has 1 atom stereocenters. The van der Waals surface area contributed by atoms with Crippen molar-refractivity contribution < 1.29 is 0 Å². The smallest absolute Gasteiger partial charge is 0.212 e. The molecule has 4 nitrogen and oxygen atoms in total. The average molecular weight is 369 g/mol. The van der Waals surface area contributed by atoms with Crippen molar-refractivity contribution in [2.45, 2.75) is 50.1 Å². The highest BCUT2D eigenvalue weighted by atomic mass is 35.5. The van der Waals surface area contributed by atoms with Gasteiger partial charge < -0.3 is 4.72 Å². The lowest BCUT2D eigenvalue weighted by atomic mass is 9.99. The minimum atomic E-state index is 0.702. The van der Waals surface area contributed by atoms with Gasteiger partial charge in [-0.05, 0) is 55.5 Å². The summed E-state index contributed by atoms with van der Waals surface area (Å²) in [7, 11) is 0. The first-order chi connectivity index (χ1) is 11.3. The maximum atomic E-state index is 6.51. The number of rotatable bonds is 6. The highest BCUT2D eigenvalue weighted by molar-refractivity contribution is 8.00. The Hall–Kier alpha value is -0.820. The van der Waals surface area contributed by atoms with E-state index < -0.39 is 0 Å². The van der Waals surface area contributed by atoms with E-state index in [2.05, 4.69) is 38.0 Å². The Morgan fingerprint density at radius 3 is 3.09 bits per heavy atom. The molecule has 0 bridgehead atoms. The summed E-state index contributed by atoms with van der Waals surface area (Å²) >= 11 is 9.36. The van der Waals surface area contributed by atoms with Crippen LogP contribution in [0.25, 0.3) is 0 Å². The highest BCUT2D eigenvalue weighted by Gasteiger charge is 2.21. The van der Waals surface area contributed by atoms with Crippen molar-refractivity contribution in [2.24, 2.45) is 0 Å². The summed E-state index contributed by atoms with van der Waals surface area (Å²) in [6.07, 6.45) is 6.74. The number of benzene rings is 1. The van der Waals surface area contributed by atoms with Crippen LogP contribution in [0, 0.1) is 0 Å². The highest BCUT2D eigenvalue weighted by Crippen LogP contribution is 2.29. The largest absolute Gasteiger partial charge is 0.300 e. The van der Waals surface area contributed by atoms with Crippen molar-refractivity contribution in [1.29, 1.82) is 0 Å². The lowest BCUT2D eigenvalue weighted by Gasteiger charge is -2.35. The van der Waals surface area contributed by atoms with Crippen molar-refractivity contribution >= 4 is 40.2 Å². The molecule has 3 rings (SSSR count). The van der Waals surface area contributed by atoms with Crippen molar-refractivity contribution in [2.75, 3.05) is 11.3 Å². The SMILES string of the molecule is CCC1CCCCN1Cc1ccc(SNc2ncns2)cc1Cl. The van der Waals surface area contributed by atoms with E-state index >= 15 is 0 Å². The number of piperidine rings is 1. The fraction of sp³-hybridized carbons (Fsp3) is 0.500. The quantitative estimate of drug-likeness (QED) is 0.720. The van der Waals surface area contributed by atoms with Crippen LogP contribution < -0.4 is 4.72 Å². The van der Waals surface area contributed by atoms with E-state index in [1.807, 2.05) is 6.07 Å². The summed E-state index contributed by atoms with van der Waals surface area (Å²) < 4.78 is 7.15. The van der Waals surface area contributed by atoms with Gasteiger partial charge in [0.15, 0.2) is 0 Å². The van der Waals surface area contributed by atoms with Crippen molar-refractivity contribution in [3.63, 3.8) is 0 Å². The van der Waals surface area contributed by atoms with Crippen LogP contribution in [-0.4, -0.2) is 26.8 Å². The Labute approximate surface area is 150 Å². The van der Waals surface area contributed by atoms with Crippen LogP contribution in [0.1, 0.15) is 38.2 Å². The second-order valence-corrected chi connectivity index (χ2v) is 7.80. The molecule has 2 aromatic rings. The van der Waals surface area contributed by atoms with Crippen LogP contribution in [0.15, 0.2) is 29.4 Å². The van der Waals surface area contributed by atoms with Gasteiger partial charge in [0.05, 0.1) is 0 Å². The zero-order chi connectivity index (χ0) is 16.1. The number of halogens is 1. The minimum absolute atomic E-state index is 0.702. The number of nitrogens with zero attached hydrogens (tertiary/aromatic N) is 3. The van der Waals surface area contributed by atoms with Crippen LogP contribution in [0.4, 0.5) is 5.13 Å². The molecule has 1 saturated heterocycles. The summed E-state index contributed by atoms with van der Waals surface area (Å²) in [5, 5.41) is 1.64. The summed E-state index contributed by atoms with van der Waals surface area (Å²) in [5.41, 5.74) is 1.22. The van der Waals surface area contributed by atoms with Gasteiger partial charge in [-0.25, -0.2) is 4.98 Å². The Bertz CT molecular complexity index is 621. The Balaban J connectivity index is 1.62. The van der Waals surface area contributed by atoms with Gasteiger partial charge in [-0.15, -0.1) is 0 Å². The second kappa shape index (κ2) is 8.33. The maximum absolute atomic E-state index is 6.51. The molecule has 1 aliphatic rings. The number of hydrogen-bond acceptors (Lipinski definition) is 6. The van der Waals surface area contributed by atoms with Gasteiger partial charge in [-0.1, -0.05) is 31.0 Å². The van der Waals surface area contributed by atoms with E-state index in [4.69, 9.17) is 11.6 Å². The first-order valence-electron chi connectivity index (χ1n) is 7.98. The molecule has 1 aromatic carbocycles. The molecule has 0 saturated carbocycles. The Kier molecular flexibility index (Phi) is 6.16. The zero-order valence-electron chi connectivity index (χ0n) is 13.2. The number of aromatic nitrogens is 2. The molecular formula is C16H21ClN4S2. The maximum Gasteiger partial charge on any atom is 0.212 e. The number of likely N-dealkylation sites (tertiary alicyclic amines) is 1. The fourth-order valence-electron chi connectivity index (χ4n) is 2.99. The van der Waals surface area contributed by atoms with E-state index in [-0.39, 0.29) is 0 Å². The first-order valence-corrected chi connectivity index (χ1v) is 9.95. The van der Waals surface area contributed by atoms with Gasteiger partial charge >= 0.3 is 0 Å². The monoisotopic (exact) mass is 368 g/mol. The third-order valence-electron chi connectivity index (χ3n) is 4.24. The number of anilines is 1. The number of hydrogen-bond donors (Lipinski definition) is 1. The standard InChI is InChI=1S/C16H21ClN4S2/c1-2-13-5-3-4-8-21(13)10-12-6-7-14(9-15(12)17)22-20-16-18-11-19-23-16/h6-7,9,11,13H,2-5,8,10H2,1H3,(H,18,19,20). The Morgan fingerprint density at radius 1 is 1.43 bits per heavy atom. The average Bonchev–Trinajstić information content (AvgIpc) is 3.09. The minimum Gasteiger partial charge on any atom is -0.300 e. The molecule has 0 radical (unpaired) electrons. The van der Waals surface area contributed by atoms with Crippen LogP contribution >= 0.6 is 35.1 Å². The molecule has 0 spiro atoms. The van der Waals surface area contributed by atoms with E-state index in [0.29, 0.717) is 6.04 Å². The van der Waals surface area contributed by atoms with E-state index in [1.54, 1.807) is 6.33 Å². The van der Waals surface area contributed by atoms with Crippen LogP contribution in [0.2, 0.25) is 5.02 Å². The summed E-state index contributed by atoms with van der Waals surface area (Å²) in [4.78, 5) is 7.77. The predicted octanol–water partition coefficient (Wildman–Crippen LogP) is 5.08. The topological polar surface area (TPSA) is 41.0 Å². The van der Waals surface area contributed by atoms with Gasteiger partial charge in [-0.3, -0.25) is 4.90 Å². The third kappa shape index (κ3) is 4.59. The normalized spacial score (nSPS) is 19.0. The number of nitrogens with one attached hydrogen (secondary N) is 1. The third-order valence-corrected chi connectivity index (χ3v) is 6.08. The molecular weight excluding hydrogens is 348 g/mol. The molecule has 1 N–H and O–H groups in total. The van der Waals surface area contributed by atoms with Gasteiger partial charge in [0.25, 0.3) is 0 Å². The van der Waals surface area contributed by atoms with Crippen LogP contribution in [0.3, 0.4) is 0 Å². The van der Waals surface area contributed by atoms with Gasteiger partial charge in [0, 0.05) is 34.0 Å². The van der Waals surface area contributed by atoms with Crippen molar-refractivity contribution in [1.82, 2.24) is 14.3 Å². The Morgan fingerprint density at radius 2 is 2.35 bits per heavy atom. The predicted molar refractivity (Wildman–Crippen MR) is 99.2 cm³/mol. The molecule has 1 aliphatic heterocycles. The van der Waals surface area contributed by atoms with Crippen molar-refractivity contribution in [3.8, 4) is 0 Å². The van der Waals surface area contributed by atoms with Crippen molar-refractivity contribution in [3.05, 3.63) is 35.1 Å². The van der Waals surface area contributed by atoms with Gasteiger partial charge in [0.1, 0.15) is 6.33 Å². The lowest BCUT2D eigenvalue weighted by molar-refractivity contribution is 0.136. The first kappa shape index (κ1) is 17.0. The molecule has 124 valence electrons.